The molecule has 0 radical (unpaired) electrons. The summed E-state index contributed by atoms with van der Waals surface area (Å²) in [6.07, 6.45) is 40.3. The number of benzene rings is 9. The average Bonchev–Trinajstić information content (AvgIpc) is 0.943. The normalized spacial score (nSPS) is 23.2. The highest BCUT2D eigenvalue weighted by Gasteiger charge is 2.51. The molecule has 0 bridgehead atoms. The molecule has 4 heteroatoms. The van der Waals surface area contributed by atoms with E-state index in [0.29, 0.717) is 17.4 Å². The van der Waals surface area contributed by atoms with Gasteiger partial charge in [-0.3, -0.25) is 0 Å². The van der Waals surface area contributed by atoms with Crippen molar-refractivity contribution in [3.63, 3.8) is 0 Å². The van der Waals surface area contributed by atoms with Crippen LogP contribution < -0.4 is 26.2 Å². The summed E-state index contributed by atoms with van der Waals surface area (Å²) in [5.41, 5.74) is 26.2. The Bertz CT molecular complexity index is 4930. The maximum atomic E-state index is 9.64. The molecule has 3 nitrogen and oxygen atoms in total. The van der Waals surface area contributed by atoms with Gasteiger partial charge in [0.05, 0.1) is 30.0 Å². The number of rotatable bonds is 11. The molecule has 6 atom stereocenters. The van der Waals surface area contributed by atoms with Crippen LogP contribution in [0.4, 0.5) is 22.7 Å². The first-order valence-corrected chi connectivity index (χ1v) is 35.7. The van der Waals surface area contributed by atoms with Gasteiger partial charge in [-0.05, 0) is 260 Å². The summed E-state index contributed by atoms with van der Waals surface area (Å²) in [5, 5.41) is 2.46. The zero-order chi connectivity index (χ0) is 66.4. The van der Waals surface area contributed by atoms with Gasteiger partial charge >= 0.3 is 0 Å². The Kier molecular flexibility index (Phi) is 13.7. The standard InChI is InChI=1S/C90H84BN3/c1-8-28-61(29-9-1)68-50-53-84-81(57-68)91-80-52-51-73(92-82-48-24-22-42-78(82)79-43-23-25-49-83(79)92)60-85(80)94(90-76(66-38-18-6-19-39-66)46-27-47-77(90)67-40-20-7-21-41-67)87-59-72(71-55-69(62-30-10-2-11-31-62)54-70(56-71)63-32-12-3-13-33-63)58-86(88(87)91)93(84)89-74(64-34-14-4-15-35-64)44-26-45-75(89)65-36-16-5-17-37-65/h1-4,6,8-14,18,22-25,28-33,36,40,42-44,46,48-60,64,66,75,77,89-90H,5,7,15-17,19-21,26-27,34-35,37-39,41,45,47H2/i1D,8D,9D,28D,29D. The highest BCUT2D eigenvalue weighted by atomic mass is 15.2. The lowest BCUT2D eigenvalue weighted by Crippen LogP contribution is -2.65. The van der Waals surface area contributed by atoms with Crippen LogP contribution in [-0.2, 0) is 0 Å². The summed E-state index contributed by atoms with van der Waals surface area (Å²) >= 11 is 0. The second-order valence-corrected chi connectivity index (χ2v) is 28.2. The number of anilines is 4. The Morgan fingerprint density at radius 2 is 0.904 bits per heavy atom. The largest absolute Gasteiger partial charge is 0.334 e. The van der Waals surface area contributed by atoms with Crippen LogP contribution >= 0.6 is 0 Å². The number of hydrogen-bond acceptors (Lipinski definition) is 2. The van der Waals surface area contributed by atoms with Crippen molar-refractivity contribution in [2.24, 2.45) is 23.7 Å². The summed E-state index contributed by atoms with van der Waals surface area (Å²) in [6, 6.07) is 65.1. The Morgan fingerprint density at radius 3 is 1.45 bits per heavy atom. The first-order chi connectivity index (χ1) is 48.7. The number of aromatic nitrogens is 1. The van der Waals surface area contributed by atoms with Crippen molar-refractivity contribution >= 4 is 67.7 Å². The third-order valence-electron chi connectivity index (χ3n) is 23.0. The van der Waals surface area contributed by atoms with Crippen LogP contribution in [0.3, 0.4) is 0 Å². The summed E-state index contributed by atoms with van der Waals surface area (Å²) in [4.78, 5) is 5.81. The molecule has 0 spiro atoms. The highest BCUT2D eigenvalue weighted by Crippen LogP contribution is 2.54. The van der Waals surface area contributed by atoms with Gasteiger partial charge in [-0.2, -0.15) is 0 Å². The topological polar surface area (TPSA) is 11.4 Å². The van der Waals surface area contributed by atoms with Gasteiger partial charge < -0.3 is 14.4 Å². The maximum Gasteiger partial charge on any atom is 0.252 e. The first kappa shape index (κ1) is 52.3. The van der Waals surface area contributed by atoms with E-state index in [1.807, 2.05) is 0 Å². The molecule has 10 aromatic rings. The SMILES string of the molecule is [2H]c1c([2H])c([2H])c(-c2ccc3c(c2)B2c4ccc(-n5c6ccccc6c6ccccc65)cc4N(C4C(C5CC=CCC5)=CCCC4C4=CCCCC4)c4cc(-c5cc(-c6ccccc6)cc(-c6ccccc6)c5)cc(c42)N3C2C(C3CC=CCC3)=CCCC2C2=CCCCC2)c([2H])c1[2H]. The minimum absolute atomic E-state index is 0.00541. The second kappa shape index (κ2) is 24.7. The minimum atomic E-state index is -0.377. The summed E-state index contributed by atoms with van der Waals surface area (Å²) < 4.78 is 48.9. The number of hydrogen-bond donors (Lipinski definition) is 0. The van der Waals surface area contributed by atoms with Gasteiger partial charge in [0.15, 0.2) is 0 Å². The third-order valence-corrected chi connectivity index (χ3v) is 23.0. The predicted octanol–water partition coefficient (Wildman–Crippen LogP) is 22.0. The molecule has 0 N–H and O–H groups in total. The van der Waals surface area contributed by atoms with Crippen molar-refractivity contribution in [1.29, 1.82) is 0 Å². The molecule has 462 valence electrons. The Labute approximate surface area is 564 Å². The van der Waals surface area contributed by atoms with Gasteiger partial charge in [0.25, 0.3) is 6.71 Å². The predicted molar refractivity (Wildman–Crippen MR) is 400 cm³/mol. The molecule has 9 aromatic carbocycles. The van der Waals surface area contributed by atoms with Crippen LogP contribution in [0, 0.1) is 23.7 Å². The lowest BCUT2D eigenvalue weighted by molar-refractivity contribution is 0.391. The van der Waals surface area contributed by atoms with E-state index < -0.39 is 0 Å². The monoisotopic (exact) mass is 1220 g/mol. The van der Waals surface area contributed by atoms with Crippen LogP contribution in [0.25, 0.3) is 72.0 Å². The van der Waals surface area contributed by atoms with E-state index in [0.717, 1.165) is 107 Å². The Morgan fingerprint density at radius 1 is 0.372 bits per heavy atom. The molecule has 18 rings (SSSR count). The van der Waals surface area contributed by atoms with Gasteiger partial charge in [-0.15, -0.1) is 0 Å². The molecule has 2 aliphatic heterocycles. The Balaban J connectivity index is 0.997. The van der Waals surface area contributed by atoms with Crippen molar-refractivity contribution in [3.05, 3.63) is 277 Å². The van der Waals surface area contributed by atoms with E-state index in [-0.39, 0.29) is 66.4 Å². The molecule has 3 heterocycles. The van der Waals surface area contributed by atoms with E-state index in [9.17, 15) is 2.74 Å². The fourth-order valence-corrected chi connectivity index (χ4v) is 18.8. The van der Waals surface area contributed by atoms with Crippen molar-refractivity contribution in [2.45, 2.75) is 128 Å². The number of nitrogens with zero attached hydrogens (tertiary/aromatic N) is 3. The van der Waals surface area contributed by atoms with Crippen molar-refractivity contribution in [2.75, 3.05) is 9.80 Å². The molecule has 6 aliphatic carbocycles. The smallest absolute Gasteiger partial charge is 0.252 e. The molecule has 0 saturated heterocycles. The quantitative estimate of drug-likeness (QED) is 0.0945. The van der Waals surface area contributed by atoms with Crippen LogP contribution in [0.1, 0.15) is 122 Å². The van der Waals surface area contributed by atoms with Crippen molar-refractivity contribution in [3.8, 4) is 50.2 Å². The fourth-order valence-electron chi connectivity index (χ4n) is 18.8. The van der Waals surface area contributed by atoms with Crippen molar-refractivity contribution in [1.82, 2.24) is 4.57 Å². The van der Waals surface area contributed by atoms with E-state index in [1.54, 1.807) is 22.3 Å². The zero-order valence-corrected chi connectivity index (χ0v) is 54.0. The van der Waals surface area contributed by atoms with Crippen LogP contribution in [0.5, 0.6) is 0 Å². The molecule has 0 fully saturated rings. The third kappa shape index (κ3) is 10.1. The van der Waals surface area contributed by atoms with Crippen LogP contribution in [0.2, 0.25) is 0 Å². The number of allylic oxidation sites excluding steroid dienone is 8. The Hall–Kier alpha value is -9.12. The fraction of sp³-hybridized carbons (Fsp3) is 0.267. The minimum Gasteiger partial charge on any atom is -0.334 e. The highest BCUT2D eigenvalue weighted by molar-refractivity contribution is 7.00. The molecule has 8 aliphatic rings. The van der Waals surface area contributed by atoms with Crippen molar-refractivity contribution < 1.29 is 6.85 Å². The van der Waals surface area contributed by atoms with Gasteiger partial charge in [0, 0.05) is 51.0 Å². The van der Waals surface area contributed by atoms with Gasteiger partial charge in [-0.1, -0.05) is 205 Å². The van der Waals surface area contributed by atoms with Crippen LogP contribution in [-0.4, -0.2) is 23.4 Å². The van der Waals surface area contributed by atoms with E-state index in [4.69, 9.17) is 4.11 Å². The molecule has 94 heavy (non-hydrogen) atoms. The van der Waals surface area contributed by atoms with E-state index >= 15 is 0 Å². The number of para-hydroxylation sites is 2. The lowest BCUT2D eigenvalue weighted by atomic mass is 9.33. The van der Waals surface area contributed by atoms with E-state index in [2.05, 4.69) is 239 Å². The summed E-state index contributed by atoms with van der Waals surface area (Å²) in [7, 11) is 0. The molecule has 0 amide bonds. The lowest BCUT2D eigenvalue weighted by Gasteiger charge is -2.53. The molecular weight excluding hydrogens is 1130 g/mol. The molecular formula is C90H84BN3. The molecule has 6 unspecified atom stereocenters. The summed E-state index contributed by atoms with van der Waals surface area (Å²) in [5.74, 6) is 1.27. The number of fused-ring (bicyclic) bond motifs is 7. The average molecular weight is 1220 g/mol. The summed E-state index contributed by atoms with van der Waals surface area (Å²) in [6.45, 7) is -0.323. The second-order valence-electron chi connectivity index (χ2n) is 28.2. The van der Waals surface area contributed by atoms with Gasteiger partial charge in [0.1, 0.15) is 0 Å². The van der Waals surface area contributed by atoms with E-state index in [1.165, 1.54) is 109 Å². The molecule has 0 saturated carbocycles. The van der Waals surface area contributed by atoms with Gasteiger partial charge in [0.2, 0.25) is 0 Å². The first-order valence-electron chi connectivity index (χ1n) is 38.2. The zero-order valence-electron chi connectivity index (χ0n) is 59.0. The maximum absolute atomic E-state index is 9.64. The van der Waals surface area contributed by atoms with Crippen LogP contribution in [0.15, 0.2) is 277 Å². The van der Waals surface area contributed by atoms with Gasteiger partial charge in [-0.25, -0.2) is 0 Å². The molecule has 1 aromatic heterocycles.